The second-order valence-corrected chi connectivity index (χ2v) is 7.35. The normalized spacial score (nSPS) is 21.0. The van der Waals surface area contributed by atoms with Crippen molar-refractivity contribution in [1.29, 1.82) is 0 Å². The van der Waals surface area contributed by atoms with Gasteiger partial charge in [0.2, 0.25) is 0 Å². The summed E-state index contributed by atoms with van der Waals surface area (Å²) in [6.45, 7) is 2.97. The molecule has 2 atom stereocenters. The van der Waals surface area contributed by atoms with E-state index in [9.17, 15) is 22.8 Å². The number of halogens is 3. The summed E-state index contributed by atoms with van der Waals surface area (Å²) in [5.74, 6) is 0.193. The van der Waals surface area contributed by atoms with Crippen LogP contribution >= 0.6 is 0 Å². The molecule has 1 heterocycles. The van der Waals surface area contributed by atoms with Crippen LogP contribution in [0.1, 0.15) is 40.2 Å². The molecule has 1 fully saturated rings. The molecule has 1 N–H and O–H groups in total. The molecule has 0 bridgehead atoms. The fourth-order valence-electron chi connectivity index (χ4n) is 3.97. The van der Waals surface area contributed by atoms with E-state index >= 15 is 0 Å². The zero-order valence-electron chi connectivity index (χ0n) is 15.7. The quantitative estimate of drug-likeness (QED) is 0.798. The molecule has 2 aromatic carbocycles. The molecule has 1 saturated heterocycles. The van der Waals surface area contributed by atoms with Gasteiger partial charge in [0.1, 0.15) is 11.5 Å². The van der Waals surface area contributed by atoms with Crippen LogP contribution in [0, 0.1) is 13.8 Å². The van der Waals surface area contributed by atoms with Crippen molar-refractivity contribution < 1.29 is 32.2 Å². The highest BCUT2D eigenvalue weighted by atomic mass is 19.4. The molecule has 0 spiro atoms. The van der Waals surface area contributed by atoms with Crippen LogP contribution in [-0.2, 0) is 22.1 Å². The van der Waals surface area contributed by atoms with Gasteiger partial charge in [-0.25, -0.2) is 4.79 Å². The van der Waals surface area contributed by atoms with Crippen LogP contribution in [0.15, 0.2) is 30.3 Å². The lowest BCUT2D eigenvalue weighted by atomic mass is 9.95. The van der Waals surface area contributed by atoms with Crippen molar-refractivity contribution in [3.05, 3.63) is 58.1 Å². The summed E-state index contributed by atoms with van der Waals surface area (Å²) in [6.07, 6.45) is -4.64. The highest BCUT2D eigenvalue weighted by molar-refractivity contribution is 6.00. The van der Waals surface area contributed by atoms with Gasteiger partial charge >= 0.3 is 12.3 Å². The topological polar surface area (TPSA) is 64.6 Å². The lowest BCUT2D eigenvalue weighted by Gasteiger charge is -2.17. The maximum Gasteiger partial charge on any atom is 0.416 e. The van der Waals surface area contributed by atoms with Crippen LogP contribution in [0.2, 0.25) is 0 Å². The Morgan fingerprint density at radius 3 is 2.52 bits per heavy atom. The monoisotopic (exact) mass is 405 g/mol. The molecule has 2 amide bonds. The number of hydrogen-bond donors (Lipinski definition) is 1. The Balaban J connectivity index is 1.57. The molecule has 2 aromatic rings. The summed E-state index contributed by atoms with van der Waals surface area (Å²) in [7, 11) is 0. The predicted octanol–water partition coefficient (Wildman–Crippen LogP) is 4.78. The Bertz CT molecular complexity index is 1020. The number of hydrogen-bond acceptors (Lipinski definition) is 4. The van der Waals surface area contributed by atoms with Crippen molar-refractivity contribution in [1.82, 2.24) is 5.32 Å². The molecule has 1 aliphatic heterocycles. The number of amides is 2. The molecule has 152 valence electrons. The lowest BCUT2D eigenvalue weighted by molar-refractivity contribution is -0.138. The summed E-state index contributed by atoms with van der Waals surface area (Å²) in [6, 6.07) is 7.81. The van der Waals surface area contributed by atoms with Crippen molar-refractivity contribution in [2.24, 2.45) is 0 Å². The van der Waals surface area contributed by atoms with E-state index in [0.29, 0.717) is 29.9 Å². The number of nitrogens with one attached hydrogen (secondary N) is 1. The summed E-state index contributed by atoms with van der Waals surface area (Å²) < 4.78 is 50.1. The minimum atomic E-state index is -4.41. The van der Waals surface area contributed by atoms with E-state index < -0.39 is 29.8 Å². The molecule has 0 saturated carbocycles. The summed E-state index contributed by atoms with van der Waals surface area (Å²) in [5.41, 5.74) is 1.67. The maximum atomic E-state index is 13.1. The largest absolute Gasteiger partial charge is 0.457 e. The first-order valence-corrected chi connectivity index (χ1v) is 9.14. The van der Waals surface area contributed by atoms with Gasteiger partial charge in [-0.3, -0.25) is 10.1 Å². The van der Waals surface area contributed by atoms with Gasteiger partial charge in [0, 0.05) is 5.92 Å². The van der Waals surface area contributed by atoms with Crippen molar-refractivity contribution in [2.45, 2.75) is 44.9 Å². The Morgan fingerprint density at radius 2 is 1.86 bits per heavy atom. The highest BCUT2D eigenvalue weighted by Gasteiger charge is 2.42. The van der Waals surface area contributed by atoms with Crippen molar-refractivity contribution in [2.75, 3.05) is 0 Å². The van der Waals surface area contributed by atoms with Gasteiger partial charge in [0.15, 0.2) is 6.10 Å². The number of ether oxygens (including phenoxy) is 2. The standard InChI is InChI=1S/C21H18F3NO4/c1-10-8-17(11(2)7-16(10)21(22,23)24)28-13-4-6-14-12(9-13)3-5-15(14)18-19(26)25-20(27)29-18/h4,6-9,15,18H,3,5H2,1-2H3,(H,25,26,27)/t15-,18?/m1/s1. The minimum absolute atomic E-state index is 0.0911. The van der Waals surface area contributed by atoms with E-state index in [0.717, 1.165) is 17.2 Å². The minimum Gasteiger partial charge on any atom is -0.457 e. The first kappa shape index (κ1) is 19.3. The zero-order valence-corrected chi connectivity index (χ0v) is 15.7. The highest BCUT2D eigenvalue weighted by Crippen LogP contribution is 2.41. The number of cyclic esters (lactones) is 1. The van der Waals surface area contributed by atoms with E-state index in [4.69, 9.17) is 9.47 Å². The Labute approximate surface area is 164 Å². The molecule has 1 aliphatic carbocycles. The van der Waals surface area contributed by atoms with Gasteiger partial charge < -0.3 is 9.47 Å². The molecule has 4 rings (SSSR count). The molecule has 1 unspecified atom stereocenters. The van der Waals surface area contributed by atoms with Gasteiger partial charge in [-0.1, -0.05) is 6.07 Å². The molecule has 5 nitrogen and oxygen atoms in total. The number of fused-ring (bicyclic) bond motifs is 1. The zero-order chi connectivity index (χ0) is 20.9. The van der Waals surface area contributed by atoms with Gasteiger partial charge in [0.25, 0.3) is 5.91 Å². The Kier molecular flexibility index (Phi) is 4.52. The van der Waals surface area contributed by atoms with E-state index in [1.807, 2.05) is 12.1 Å². The van der Waals surface area contributed by atoms with E-state index in [-0.39, 0.29) is 11.5 Å². The van der Waals surface area contributed by atoms with E-state index in [2.05, 4.69) is 5.32 Å². The van der Waals surface area contributed by atoms with Crippen LogP contribution in [0.4, 0.5) is 18.0 Å². The number of alkyl halides is 3. The molecule has 2 aliphatic rings. The third-order valence-corrected chi connectivity index (χ3v) is 5.38. The van der Waals surface area contributed by atoms with Gasteiger partial charge in [-0.2, -0.15) is 13.2 Å². The first-order chi connectivity index (χ1) is 13.6. The number of carbonyl (C=O) groups excluding carboxylic acids is 2. The Hall–Kier alpha value is -3.03. The summed E-state index contributed by atoms with van der Waals surface area (Å²) in [4.78, 5) is 23.2. The van der Waals surface area contributed by atoms with Crippen LogP contribution in [0.5, 0.6) is 11.5 Å². The van der Waals surface area contributed by atoms with Crippen LogP contribution < -0.4 is 10.1 Å². The van der Waals surface area contributed by atoms with Gasteiger partial charge in [0.05, 0.1) is 5.56 Å². The number of imide groups is 1. The molecule has 0 radical (unpaired) electrons. The number of carbonyl (C=O) groups is 2. The van der Waals surface area contributed by atoms with Crippen LogP contribution in [0.3, 0.4) is 0 Å². The SMILES string of the molecule is Cc1cc(C(F)(F)F)c(C)cc1Oc1ccc2c(c1)CC[C@H]2C1OC(=O)NC1=O. The van der Waals surface area contributed by atoms with Crippen LogP contribution in [-0.4, -0.2) is 18.1 Å². The number of benzene rings is 2. The molecule has 0 aromatic heterocycles. The predicted molar refractivity (Wildman–Crippen MR) is 96.9 cm³/mol. The van der Waals surface area contributed by atoms with Gasteiger partial charge in [-0.05, 0) is 73.2 Å². The number of alkyl carbamates (subject to hydrolysis) is 1. The second kappa shape index (κ2) is 6.79. The molecular weight excluding hydrogens is 387 g/mol. The fourth-order valence-corrected chi connectivity index (χ4v) is 3.97. The summed E-state index contributed by atoms with van der Waals surface area (Å²) in [5, 5.41) is 2.14. The number of aryl methyl sites for hydroxylation is 3. The Morgan fingerprint density at radius 1 is 1.10 bits per heavy atom. The average Bonchev–Trinajstić information content (AvgIpc) is 3.18. The van der Waals surface area contributed by atoms with E-state index in [1.165, 1.54) is 13.0 Å². The second-order valence-electron chi connectivity index (χ2n) is 7.35. The maximum absolute atomic E-state index is 13.1. The van der Waals surface area contributed by atoms with E-state index in [1.54, 1.807) is 13.0 Å². The lowest BCUT2D eigenvalue weighted by Crippen LogP contribution is -2.28. The average molecular weight is 405 g/mol. The van der Waals surface area contributed by atoms with Gasteiger partial charge in [-0.15, -0.1) is 0 Å². The number of rotatable bonds is 3. The third-order valence-electron chi connectivity index (χ3n) is 5.38. The van der Waals surface area contributed by atoms with Crippen molar-refractivity contribution >= 4 is 12.0 Å². The molecule has 8 heteroatoms. The van der Waals surface area contributed by atoms with Crippen molar-refractivity contribution in [3.8, 4) is 11.5 Å². The molecular formula is C21H18F3NO4. The fraction of sp³-hybridized carbons (Fsp3) is 0.333. The van der Waals surface area contributed by atoms with Crippen LogP contribution in [0.25, 0.3) is 0 Å². The third kappa shape index (κ3) is 3.54. The first-order valence-electron chi connectivity index (χ1n) is 9.14. The molecule has 29 heavy (non-hydrogen) atoms. The summed E-state index contributed by atoms with van der Waals surface area (Å²) >= 11 is 0. The smallest absolute Gasteiger partial charge is 0.416 e. The van der Waals surface area contributed by atoms with Crippen molar-refractivity contribution in [3.63, 3.8) is 0 Å².